The summed E-state index contributed by atoms with van der Waals surface area (Å²) < 4.78 is 7.96. The van der Waals surface area contributed by atoms with E-state index in [-0.39, 0.29) is 29.7 Å². The minimum Gasteiger partial charge on any atom is -0.458 e. The van der Waals surface area contributed by atoms with Crippen molar-refractivity contribution in [3.63, 3.8) is 0 Å². The van der Waals surface area contributed by atoms with Crippen LogP contribution in [0.3, 0.4) is 0 Å². The lowest BCUT2D eigenvalue weighted by Crippen LogP contribution is -2.45. The number of nitrogens with one attached hydrogen (secondary N) is 1. The van der Waals surface area contributed by atoms with Gasteiger partial charge in [0.15, 0.2) is 0 Å². The first-order chi connectivity index (χ1) is 20.2. The first-order valence-corrected chi connectivity index (χ1v) is 16.7. The summed E-state index contributed by atoms with van der Waals surface area (Å²) in [5.74, 6) is -1.53. The monoisotopic (exact) mass is 611 g/mol. The van der Waals surface area contributed by atoms with Gasteiger partial charge in [-0.05, 0) is 75.6 Å². The van der Waals surface area contributed by atoms with E-state index in [1.807, 2.05) is 49.1 Å². The Morgan fingerprint density at radius 2 is 1.84 bits per heavy atom. The largest absolute Gasteiger partial charge is 0.458 e. The number of aryl methyl sites for hydroxylation is 1. The molecule has 2 aromatic rings. The zero-order valence-corrected chi connectivity index (χ0v) is 27.7. The Bertz CT molecular complexity index is 1340. The van der Waals surface area contributed by atoms with Gasteiger partial charge < -0.3 is 20.3 Å². The zero-order valence-electron chi connectivity index (χ0n) is 26.9. The van der Waals surface area contributed by atoms with Gasteiger partial charge in [-0.2, -0.15) is 5.10 Å². The van der Waals surface area contributed by atoms with E-state index in [4.69, 9.17) is 9.84 Å². The molecular weight excluding hydrogens is 562 g/mol. The molecule has 2 aliphatic rings. The number of cyclic esters (lactones) is 1. The number of benzene rings is 1. The molecule has 0 radical (unpaired) electrons. The third-order valence-electron chi connectivity index (χ3n) is 9.67. The molecule has 2 saturated heterocycles. The Morgan fingerprint density at radius 3 is 2.49 bits per heavy atom. The molecule has 0 spiro atoms. The summed E-state index contributed by atoms with van der Waals surface area (Å²) in [6.07, 6.45) is 4.31. The number of hydrogen-bond acceptors (Lipinski definition) is 8. The summed E-state index contributed by atoms with van der Waals surface area (Å²) >= 11 is 1.61. The number of fused-ring (bicyclic) bond motifs is 1. The summed E-state index contributed by atoms with van der Waals surface area (Å²) in [5, 5.41) is 31.5. The van der Waals surface area contributed by atoms with Crippen LogP contribution < -0.4 is 5.32 Å². The molecule has 4 rings (SSSR count). The van der Waals surface area contributed by atoms with E-state index in [2.05, 4.69) is 31.3 Å². The van der Waals surface area contributed by atoms with Gasteiger partial charge in [-0.1, -0.05) is 51.8 Å². The van der Waals surface area contributed by atoms with Gasteiger partial charge in [0.05, 0.1) is 35.4 Å². The third-order valence-corrected chi connectivity index (χ3v) is 10.4. The number of rotatable bonds is 4. The Kier molecular flexibility index (Phi) is 10.3. The van der Waals surface area contributed by atoms with Crippen LogP contribution in [0.1, 0.15) is 84.9 Å². The van der Waals surface area contributed by atoms with Crippen molar-refractivity contribution < 1.29 is 24.5 Å². The molecule has 236 valence electrons. The highest BCUT2D eigenvalue weighted by atomic mass is 32.2. The maximum Gasteiger partial charge on any atom is 0.309 e. The Morgan fingerprint density at radius 1 is 1.16 bits per heavy atom. The van der Waals surface area contributed by atoms with Gasteiger partial charge in [0.2, 0.25) is 0 Å². The molecule has 3 heterocycles. The van der Waals surface area contributed by atoms with Gasteiger partial charge >= 0.3 is 5.97 Å². The fourth-order valence-electron chi connectivity index (χ4n) is 6.24. The van der Waals surface area contributed by atoms with Gasteiger partial charge in [-0.3, -0.25) is 9.59 Å². The molecule has 0 saturated carbocycles. The standard InChI is InChI=1S/C34H49N3O5S/c1-20-11-13-25(14-12-20)37-29(43-8)17-24(36-37)16-22(3)26-18-27-34(7,35-27)15-9-10-21(2)31(40)23(4)32(41)33(5,6)28(38)19-30(39)42-26/h11-14,16-17,21,23,26-28,31,35,38,40H,9-10,15,18-19H2,1-8H3/b22-16+/t21-,23+,26-,27-,28-,31-,34+/m0/s1. The minimum absolute atomic E-state index is 0.0608. The fraction of sp³-hybridized carbons (Fsp3) is 0.618. The van der Waals surface area contributed by atoms with Crippen molar-refractivity contribution in [2.24, 2.45) is 17.3 Å². The summed E-state index contributed by atoms with van der Waals surface area (Å²) in [7, 11) is 0. The predicted molar refractivity (Wildman–Crippen MR) is 171 cm³/mol. The fourth-order valence-corrected chi connectivity index (χ4v) is 6.80. The first-order valence-electron chi connectivity index (χ1n) is 15.4. The summed E-state index contributed by atoms with van der Waals surface area (Å²) in [4.78, 5) is 26.6. The second-order valence-corrected chi connectivity index (χ2v) is 14.4. The van der Waals surface area contributed by atoms with Crippen molar-refractivity contribution in [2.75, 3.05) is 6.26 Å². The normalized spacial score (nSPS) is 32.7. The molecule has 1 aromatic heterocycles. The Labute approximate surface area is 260 Å². The van der Waals surface area contributed by atoms with E-state index < -0.39 is 35.6 Å². The van der Waals surface area contributed by atoms with Crippen molar-refractivity contribution in [3.8, 4) is 5.69 Å². The van der Waals surface area contributed by atoms with Crippen LogP contribution in [0.5, 0.6) is 0 Å². The van der Waals surface area contributed by atoms with E-state index in [9.17, 15) is 19.8 Å². The molecule has 3 N–H and O–H groups in total. The molecule has 0 bridgehead atoms. The highest BCUT2D eigenvalue weighted by Gasteiger charge is 2.50. The lowest BCUT2D eigenvalue weighted by molar-refractivity contribution is -0.154. The number of aliphatic hydroxyl groups is 2. The number of hydrogen-bond donors (Lipinski definition) is 3. The number of ether oxygens (including phenoxy) is 1. The third kappa shape index (κ3) is 7.62. The van der Waals surface area contributed by atoms with Crippen LogP contribution in [-0.2, 0) is 14.3 Å². The molecule has 2 aliphatic heterocycles. The molecule has 9 heteroatoms. The van der Waals surface area contributed by atoms with Crippen LogP contribution in [0.4, 0.5) is 0 Å². The second kappa shape index (κ2) is 13.3. The Balaban J connectivity index is 1.61. The number of aliphatic hydroxyl groups excluding tert-OH is 2. The van der Waals surface area contributed by atoms with Crippen molar-refractivity contribution >= 4 is 29.6 Å². The smallest absolute Gasteiger partial charge is 0.309 e. The lowest BCUT2D eigenvalue weighted by atomic mass is 9.73. The minimum atomic E-state index is -1.24. The van der Waals surface area contributed by atoms with Crippen LogP contribution in [-0.4, -0.2) is 67.9 Å². The summed E-state index contributed by atoms with van der Waals surface area (Å²) in [5.41, 5.74) is 2.48. The van der Waals surface area contributed by atoms with Gasteiger partial charge in [0.25, 0.3) is 0 Å². The van der Waals surface area contributed by atoms with Crippen molar-refractivity contribution in [2.45, 2.75) is 115 Å². The average molecular weight is 612 g/mol. The number of carbonyl (C=O) groups is 2. The van der Waals surface area contributed by atoms with Gasteiger partial charge in [-0.25, -0.2) is 4.68 Å². The number of nitrogens with zero attached hydrogens (tertiary/aromatic N) is 2. The molecular formula is C34H49N3O5S. The van der Waals surface area contributed by atoms with E-state index in [0.29, 0.717) is 6.42 Å². The highest BCUT2D eigenvalue weighted by molar-refractivity contribution is 7.98. The van der Waals surface area contributed by atoms with Crippen LogP contribution >= 0.6 is 11.8 Å². The molecule has 7 atom stereocenters. The molecule has 2 fully saturated rings. The summed E-state index contributed by atoms with van der Waals surface area (Å²) in [6.45, 7) is 13.2. The number of aromatic nitrogens is 2. The van der Waals surface area contributed by atoms with Crippen LogP contribution in [0.15, 0.2) is 40.9 Å². The Hall–Kier alpha value is -2.46. The van der Waals surface area contributed by atoms with Crippen LogP contribution in [0.25, 0.3) is 11.8 Å². The average Bonchev–Trinajstić information content (AvgIpc) is 3.40. The number of ketones is 1. The van der Waals surface area contributed by atoms with Crippen LogP contribution in [0.2, 0.25) is 0 Å². The van der Waals surface area contributed by atoms with E-state index in [1.54, 1.807) is 32.5 Å². The van der Waals surface area contributed by atoms with Crippen molar-refractivity contribution in [3.05, 3.63) is 47.2 Å². The van der Waals surface area contributed by atoms with Gasteiger partial charge in [0, 0.05) is 23.9 Å². The topological polar surface area (TPSA) is 124 Å². The molecule has 0 amide bonds. The second-order valence-electron chi connectivity index (χ2n) is 13.5. The number of esters is 1. The van der Waals surface area contributed by atoms with E-state index in [1.165, 1.54) is 5.56 Å². The number of carbonyl (C=O) groups excluding carboxylic acids is 2. The summed E-state index contributed by atoms with van der Waals surface area (Å²) in [6, 6.07) is 10.4. The van der Waals surface area contributed by atoms with E-state index >= 15 is 0 Å². The quantitative estimate of drug-likeness (QED) is 0.235. The maximum absolute atomic E-state index is 13.4. The highest BCUT2D eigenvalue weighted by Crippen LogP contribution is 2.38. The van der Waals surface area contributed by atoms with Gasteiger partial charge in [0.1, 0.15) is 16.9 Å². The SMILES string of the molecule is CSc1cc(/C=C(\C)[C@@H]2C[C@@H]3N[C@]3(C)CCC[C@H](C)[C@H](O)[C@@H](C)C(=O)C(C)(C)[C@@H](O)CC(=O)O2)nn1-c1ccc(C)cc1. The molecule has 0 aliphatic carbocycles. The van der Waals surface area contributed by atoms with Crippen molar-refractivity contribution in [1.82, 2.24) is 15.1 Å². The molecule has 43 heavy (non-hydrogen) atoms. The molecule has 1 aromatic carbocycles. The molecule has 0 unspecified atom stereocenters. The number of Topliss-reactive ketones (excluding diaryl/α,β-unsaturated/α-hetero) is 1. The lowest BCUT2D eigenvalue weighted by Gasteiger charge is -2.34. The van der Waals surface area contributed by atoms with E-state index in [0.717, 1.165) is 41.2 Å². The number of thioether (sulfide) groups is 1. The van der Waals surface area contributed by atoms with Gasteiger partial charge in [-0.15, -0.1) is 11.8 Å². The zero-order chi connectivity index (χ0) is 31.7. The predicted octanol–water partition coefficient (Wildman–Crippen LogP) is 5.50. The molecule has 8 nitrogen and oxygen atoms in total. The van der Waals surface area contributed by atoms with Crippen molar-refractivity contribution in [1.29, 1.82) is 0 Å². The maximum atomic E-state index is 13.4. The van der Waals surface area contributed by atoms with Crippen LogP contribution in [0, 0.1) is 24.2 Å². The first kappa shape index (κ1) is 33.4.